The lowest BCUT2D eigenvalue weighted by atomic mass is 10.1. The molecule has 0 aliphatic carbocycles. The third-order valence-corrected chi connectivity index (χ3v) is 5.08. The van der Waals surface area contributed by atoms with Crippen LogP contribution in [0.4, 0.5) is 5.69 Å². The smallest absolute Gasteiger partial charge is 0.261 e. The Morgan fingerprint density at radius 3 is 2.33 bits per heavy atom. The van der Waals surface area contributed by atoms with Crippen molar-refractivity contribution in [2.24, 2.45) is 0 Å². The van der Waals surface area contributed by atoms with E-state index in [1.807, 2.05) is 31.2 Å². The molecule has 112 valence electrons. The van der Waals surface area contributed by atoms with Crippen LogP contribution in [0.3, 0.4) is 0 Å². The predicted octanol–water partition coefficient (Wildman–Crippen LogP) is 4.51. The van der Waals surface area contributed by atoms with E-state index in [1.165, 1.54) is 0 Å². The quantitative estimate of drug-likeness (QED) is 0.844. The van der Waals surface area contributed by atoms with E-state index in [9.17, 15) is 8.42 Å². The van der Waals surface area contributed by atoms with Gasteiger partial charge in [0.05, 0.1) is 10.6 Å². The summed E-state index contributed by atoms with van der Waals surface area (Å²) < 4.78 is 28.3. The zero-order valence-electron chi connectivity index (χ0n) is 12.1. The van der Waals surface area contributed by atoms with Gasteiger partial charge in [0.25, 0.3) is 10.0 Å². The van der Waals surface area contributed by atoms with Gasteiger partial charge in [-0.25, -0.2) is 8.42 Å². The SMILES string of the molecule is CCCc1ccc(S(=O)(=O)Nc2ccc(Br)cc2C)cc1. The summed E-state index contributed by atoms with van der Waals surface area (Å²) in [6, 6.07) is 12.5. The summed E-state index contributed by atoms with van der Waals surface area (Å²) in [5, 5.41) is 0. The Bertz CT molecular complexity index is 724. The van der Waals surface area contributed by atoms with Crippen LogP contribution in [0.15, 0.2) is 51.8 Å². The van der Waals surface area contributed by atoms with Crippen molar-refractivity contribution in [3.63, 3.8) is 0 Å². The summed E-state index contributed by atoms with van der Waals surface area (Å²) in [5.74, 6) is 0. The van der Waals surface area contributed by atoms with Crippen LogP contribution in [-0.2, 0) is 16.4 Å². The van der Waals surface area contributed by atoms with Gasteiger partial charge in [-0.05, 0) is 54.8 Å². The van der Waals surface area contributed by atoms with E-state index in [0.29, 0.717) is 5.69 Å². The fraction of sp³-hybridized carbons (Fsp3) is 0.250. The number of sulfonamides is 1. The number of benzene rings is 2. The molecule has 0 aliphatic rings. The van der Waals surface area contributed by atoms with Crippen LogP contribution in [0.25, 0.3) is 0 Å². The Kier molecular flexibility index (Phi) is 5.06. The van der Waals surface area contributed by atoms with Crippen LogP contribution < -0.4 is 4.72 Å². The van der Waals surface area contributed by atoms with Gasteiger partial charge in [0.15, 0.2) is 0 Å². The van der Waals surface area contributed by atoms with Gasteiger partial charge in [-0.3, -0.25) is 4.72 Å². The molecule has 2 aromatic rings. The van der Waals surface area contributed by atoms with Crippen molar-refractivity contribution in [1.82, 2.24) is 0 Å². The van der Waals surface area contributed by atoms with E-state index < -0.39 is 10.0 Å². The van der Waals surface area contributed by atoms with Gasteiger partial charge in [0.1, 0.15) is 0 Å². The first-order valence-electron chi connectivity index (χ1n) is 6.80. The first kappa shape index (κ1) is 16.0. The number of rotatable bonds is 5. The second kappa shape index (κ2) is 6.62. The molecular weight excluding hydrogens is 350 g/mol. The summed E-state index contributed by atoms with van der Waals surface area (Å²) >= 11 is 3.37. The largest absolute Gasteiger partial charge is 0.279 e. The Morgan fingerprint density at radius 2 is 1.76 bits per heavy atom. The van der Waals surface area contributed by atoms with Gasteiger partial charge >= 0.3 is 0 Å². The Balaban J connectivity index is 2.25. The molecule has 0 saturated carbocycles. The molecule has 5 heteroatoms. The maximum Gasteiger partial charge on any atom is 0.261 e. The summed E-state index contributed by atoms with van der Waals surface area (Å²) in [7, 11) is -3.55. The van der Waals surface area contributed by atoms with Gasteiger partial charge in [-0.2, -0.15) is 0 Å². The highest BCUT2D eigenvalue weighted by molar-refractivity contribution is 9.10. The van der Waals surface area contributed by atoms with Crippen molar-refractivity contribution in [2.75, 3.05) is 4.72 Å². The molecular formula is C16H18BrNO2S. The average molecular weight is 368 g/mol. The zero-order chi connectivity index (χ0) is 15.5. The summed E-state index contributed by atoms with van der Waals surface area (Å²) in [6.07, 6.45) is 2.00. The first-order chi connectivity index (χ1) is 9.92. The minimum atomic E-state index is -3.55. The van der Waals surface area contributed by atoms with E-state index in [0.717, 1.165) is 28.4 Å². The summed E-state index contributed by atoms with van der Waals surface area (Å²) in [5.41, 5.74) is 2.61. The number of halogens is 1. The molecule has 2 aromatic carbocycles. The van der Waals surface area contributed by atoms with Gasteiger partial charge in [0.2, 0.25) is 0 Å². The van der Waals surface area contributed by atoms with Crippen molar-refractivity contribution in [3.05, 3.63) is 58.1 Å². The van der Waals surface area contributed by atoms with Crippen molar-refractivity contribution in [3.8, 4) is 0 Å². The normalized spacial score (nSPS) is 11.4. The molecule has 0 aromatic heterocycles. The topological polar surface area (TPSA) is 46.2 Å². The van der Waals surface area contributed by atoms with Gasteiger partial charge in [-0.1, -0.05) is 41.4 Å². The average Bonchev–Trinajstić information content (AvgIpc) is 2.43. The van der Waals surface area contributed by atoms with E-state index in [2.05, 4.69) is 27.6 Å². The van der Waals surface area contributed by atoms with Crippen LogP contribution >= 0.6 is 15.9 Å². The first-order valence-corrected chi connectivity index (χ1v) is 9.08. The molecule has 0 bridgehead atoms. The minimum Gasteiger partial charge on any atom is -0.279 e. The fourth-order valence-electron chi connectivity index (χ4n) is 2.07. The minimum absolute atomic E-state index is 0.282. The van der Waals surface area contributed by atoms with Crippen molar-refractivity contribution >= 4 is 31.6 Å². The molecule has 0 fully saturated rings. The van der Waals surface area contributed by atoms with Crippen molar-refractivity contribution in [2.45, 2.75) is 31.6 Å². The lowest BCUT2D eigenvalue weighted by Gasteiger charge is -2.11. The second-order valence-corrected chi connectivity index (χ2v) is 7.56. The fourth-order valence-corrected chi connectivity index (χ4v) is 3.68. The Labute approximate surface area is 134 Å². The standard InChI is InChI=1S/C16H18BrNO2S/c1-3-4-13-5-8-15(9-6-13)21(19,20)18-16-10-7-14(17)11-12(16)2/h5-11,18H,3-4H2,1-2H3. The molecule has 0 amide bonds. The molecule has 0 aliphatic heterocycles. The molecule has 0 spiro atoms. The highest BCUT2D eigenvalue weighted by Gasteiger charge is 2.15. The number of hydrogen-bond donors (Lipinski definition) is 1. The lowest BCUT2D eigenvalue weighted by Crippen LogP contribution is -2.13. The highest BCUT2D eigenvalue weighted by Crippen LogP contribution is 2.23. The van der Waals surface area contributed by atoms with Crippen LogP contribution in [0.2, 0.25) is 0 Å². The molecule has 2 rings (SSSR count). The van der Waals surface area contributed by atoms with Crippen molar-refractivity contribution in [1.29, 1.82) is 0 Å². The zero-order valence-corrected chi connectivity index (χ0v) is 14.5. The molecule has 0 unspecified atom stereocenters. The number of anilines is 1. The third-order valence-electron chi connectivity index (χ3n) is 3.21. The van der Waals surface area contributed by atoms with Crippen molar-refractivity contribution < 1.29 is 8.42 Å². The maximum atomic E-state index is 12.4. The maximum absolute atomic E-state index is 12.4. The number of aryl methyl sites for hydroxylation is 2. The summed E-state index contributed by atoms with van der Waals surface area (Å²) in [6.45, 7) is 3.97. The summed E-state index contributed by atoms with van der Waals surface area (Å²) in [4.78, 5) is 0.282. The molecule has 0 heterocycles. The Hall–Kier alpha value is -1.33. The van der Waals surface area contributed by atoms with Crippen LogP contribution in [0.5, 0.6) is 0 Å². The second-order valence-electron chi connectivity index (χ2n) is 4.96. The van der Waals surface area contributed by atoms with Crippen LogP contribution in [0.1, 0.15) is 24.5 Å². The molecule has 0 radical (unpaired) electrons. The molecule has 3 nitrogen and oxygen atoms in total. The van der Waals surface area contributed by atoms with E-state index >= 15 is 0 Å². The van der Waals surface area contributed by atoms with E-state index in [-0.39, 0.29) is 4.90 Å². The molecule has 1 N–H and O–H groups in total. The highest BCUT2D eigenvalue weighted by atomic mass is 79.9. The molecule has 21 heavy (non-hydrogen) atoms. The number of hydrogen-bond acceptors (Lipinski definition) is 2. The Morgan fingerprint density at radius 1 is 1.10 bits per heavy atom. The monoisotopic (exact) mass is 367 g/mol. The number of nitrogens with one attached hydrogen (secondary N) is 1. The van der Waals surface area contributed by atoms with Gasteiger partial charge in [0, 0.05) is 4.47 Å². The molecule has 0 saturated heterocycles. The van der Waals surface area contributed by atoms with Crippen LogP contribution in [-0.4, -0.2) is 8.42 Å². The van der Waals surface area contributed by atoms with Gasteiger partial charge < -0.3 is 0 Å². The van der Waals surface area contributed by atoms with E-state index in [1.54, 1.807) is 18.2 Å². The third kappa shape index (κ3) is 4.08. The lowest BCUT2D eigenvalue weighted by molar-refractivity contribution is 0.601. The molecule has 0 atom stereocenters. The van der Waals surface area contributed by atoms with Gasteiger partial charge in [-0.15, -0.1) is 0 Å². The predicted molar refractivity (Wildman–Crippen MR) is 90.1 cm³/mol. The van der Waals surface area contributed by atoms with Crippen LogP contribution in [0, 0.1) is 6.92 Å². The van der Waals surface area contributed by atoms with E-state index in [4.69, 9.17) is 0 Å².